The molecule has 0 aromatic heterocycles. The van der Waals surface area contributed by atoms with Crippen LogP contribution < -0.4 is 9.47 Å². The largest absolute Gasteiger partial charge is 0.496 e. The standard InChI is InChI=1S/C14H12F2O2/c1-17-11-7-4-8-12(18-2)13(11)9-5-3-6-10(15)14(9)16/h3-8H,1-2H3. The summed E-state index contributed by atoms with van der Waals surface area (Å²) < 4.78 is 37.4. The Balaban J connectivity index is 2.73. The predicted octanol–water partition coefficient (Wildman–Crippen LogP) is 3.65. The zero-order chi connectivity index (χ0) is 13.1. The highest BCUT2D eigenvalue weighted by Gasteiger charge is 2.17. The molecule has 0 spiro atoms. The Morgan fingerprint density at radius 3 is 1.94 bits per heavy atom. The SMILES string of the molecule is COc1cccc(OC)c1-c1cccc(F)c1F. The summed E-state index contributed by atoms with van der Waals surface area (Å²) in [4.78, 5) is 0. The number of benzene rings is 2. The van der Waals surface area contributed by atoms with E-state index in [1.165, 1.54) is 26.4 Å². The Morgan fingerprint density at radius 2 is 1.39 bits per heavy atom. The molecule has 0 N–H and O–H groups in total. The minimum atomic E-state index is -0.916. The lowest BCUT2D eigenvalue weighted by Gasteiger charge is -2.13. The summed E-state index contributed by atoms with van der Waals surface area (Å²) in [6.07, 6.45) is 0. The number of methoxy groups -OCH3 is 2. The highest BCUT2D eigenvalue weighted by atomic mass is 19.2. The van der Waals surface area contributed by atoms with Gasteiger partial charge in [-0.3, -0.25) is 0 Å². The van der Waals surface area contributed by atoms with Crippen LogP contribution in [0.3, 0.4) is 0 Å². The van der Waals surface area contributed by atoms with Gasteiger partial charge in [0.2, 0.25) is 0 Å². The molecular weight excluding hydrogens is 238 g/mol. The predicted molar refractivity (Wildman–Crippen MR) is 64.9 cm³/mol. The van der Waals surface area contributed by atoms with Crippen molar-refractivity contribution in [3.05, 3.63) is 48.0 Å². The molecule has 0 fully saturated rings. The van der Waals surface area contributed by atoms with Crippen molar-refractivity contribution >= 4 is 0 Å². The third kappa shape index (κ3) is 2.01. The first-order chi connectivity index (χ1) is 8.69. The number of ether oxygens (including phenoxy) is 2. The van der Waals surface area contributed by atoms with E-state index >= 15 is 0 Å². The van der Waals surface area contributed by atoms with Crippen molar-refractivity contribution in [1.82, 2.24) is 0 Å². The molecule has 0 heterocycles. The molecule has 0 unspecified atom stereocenters. The van der Waals surface area contributed by atoms with Gasteiger partial charge < -0.3 is 9.47 Å². The lowest BCUT2D eigenvalue weighted by molar-refractivity contribution is 0.396. The van der Waals surface area contributed by atoms with Crippen molar-refractivity contribution in [2.75, 3.05) is 14.2 Å². The first-order valence-corrected chi connectivity index (χ1v) is 5.34. The van der Waals surface area contributed by atoms with E-state index in [2.05, 4.69) is 0 Å². The molecule has 2 aromatic carbocycles. The molecule has 0 radical (unpaired) electrons. The molecule has 0 saturated heterocycles. The fourth-order valence-electron chi connectivity index (χ4n) is 1.81. The van der Waals surface area contributed by atoms with Gasteiger partial charge in [-0.25, -0.2) is 8.78 Å². The van der Waals surface area contributed by atoms with E-state index in [4.69, 9.17) is 9.47 Å². The molecule has 0 aliphatic rings. The zero-order valence-corrected chi connectivity index (χ0v) is 10.0. The Morgan fingerprint density at radius 1 is 0.833 bits per heavy atom. The van der Waals surface area contributed by atoms with E-state index in [1.54, 1.807) is 18.2 Å². The summed E-state index contributed by atoms with van der Waals surface area (Å²) >= 11 is 0. The minimum Gasteiger partial charge on any atom is -0.496 e. The molecule has 0 atom stereocenters. The monoisotopic (exact) mass is 250 g/mol. The second-order valence-electron chi connectivity index (χ2n) is 3.64. The van der Waals surface area contributed by atoms with Crippen LogP contribution in [0.1, 0.15) is 0 Å². The van der Waals surface area contributed by atoms with Gasteiger partial charge in [0.15, 0.2) is 11.6 Å². The van der Waals surface area contributed by atoms with Gasteiger partial charge in [0.1, 0.15) is 11.5 Å². The number of hydrogen-bond donors (Lipinski definition) is 0. The highest BCUT2D eigenvalue weighted by molar-refractivity contribution is 5.77. The minimum absolute atomic E-state index is 0.115. The van der Waals surface area contributed by atoms with Crippen LogP contribution in [-0.4, -0.2) is 14.2 Å². The molecule has 18 heavy (non-hydrogen) atoms. The Labute approximate surface area is 104 Å². The van der Waals surface area contributed by atoms with E-state index < -0.39 is 11.6 Å². The molecule has 94 valence electrons. The van der Waals surface area contributed by atoms with E-state index in [-0.39, 0.29) is 5.56 Å². The molecule has 0 aliphatic carbocycles. The maximum absolute atomic E-state index is 13.8. The van der Waals surface area contributed by atoms with E-state index in [0.717, 1.165) is 6.07 Å². The highest BCUT2D eigenvalue weighted by Crippen LogP contribution is 2.39. The average molecular weight is 250 g/mol. The summed E-state index contributed by atoms with van der Waals surface area (Å²) in [7, 11) is 2.94. The topological polar surface area (TPSA) is 18.5 Å². The molecular formula is C14H12F2O2. The van der Waals surface area contributed by atoms with Crippen molar-refractivity contribution in [3.8, 4) is 22.6 Å². The molecule has 2 rings (SSSR count). The summed E-state index contributed by atoms with van der Waals surface area (Å²) in [5.41, 5.74) is 0.517. The average Bonchev–Trinajstić information content (AvgIpc) is 2.41. The molecule has 0 saturated carbocycles. The molecule has 2 nitrogen and oxygen atoms in total. The Hall–Kier alpha value is -2.10. The van der Waals surface area contributed by atoms with Crippen LogP contribution in [0.4, 0.5) is 8.78 Å². The van der Waals surface area contributed by atoms with Crippen LogP contribution in [0.5, 0.6) is 11.5 Å². The van der Waals surface area contributed by atoms with Gasteiger partial charge in [0.05, 0.1) is 19.8 Å². The molecule has 4 heteroatoms. The van der Waals surface area contributed by atoms with Crippen LogP contribution in [-0.2, 0) is 0 Å². The zero-order valence-electron chi connectivity index (χ0n) is 10.0. The first kappa shape index (κ1) is 12.4. The third-order valence-corrected chi connectivity index (χ3v) is 2.65. The summed E-state index contributed by atoms with van der Waals surface area (Å²) in [5.74, 6) is -0.960. The van der Waals surface area contributed by atoms with E-state index in [0.29, 0.717) is 17.1 Å². The maximum Gasteiger partial charge on any atom is 0.166 e. The molecule has 0 bridgehead atoms. The van der Waals surface area contributed by atoms with Crippen LogP contribution in [0.25, 0.3) is 11.1 Å². The van der Waals surface area contributed by atoms with Crippen LogP contribution in [0.15, 0.2) is 36.4 Å². The molecule has 0 aliphatic heterocycles. The Kier molecular flexibility index (Phi) is 3.46. The summed E-state index contributed by atoms with van der Waals surface area (Å²) in [6.45, 7) is 0. The smallest absolute Gasteiger partial charge is 0.166 e. The second-order valence-corrected chi connectivity index (χ2v) is 3.64. The third-order valence-electron chi connectivity index (χ3n) is 2.65. The van der Waals surface area contributed by atoms with Gasteiger partial charge in [0, 0.05) is 5.56 Å². The van der Waals surface area contributed by atoms with Gasteiger partial charge in [-0.05, 0) is 18.2 Å². The van der Waals surface area contributed by atoms with Gasteiger partial charge in [0.25, 0.3) is 0 Å². The van der Waals surface area contributed by atoms with Crippen molar-refractivity contribution in [2.24, 2.45) is 0 Å². The van der Waals surface area contributed by atoms with Gasteiger partial charge in [-0.15, -0.1) is 0 Å². The van der Waals surface area contributed by atoms with Crippen LogP contribution >= 0.6 is 0 Å². The molecule has 2 aromatic rings. The van der Waals surface area contributed by atoms with Gasteiger partial charge in [-0.1, -0.05) is 18.2 Å². The fraction of sp³-hybridized carbons (Fsp3) is 0.143. The van der Waals surface area contributed by atoms with Crippen LogP contribution in [0.2, 0.25) is 0 Å². The quantitative estimate of drug-likeness (QED) is 0.827. The van der Waals surface area contributed by atoms with Crippen molar-refractivity contribution in [1.29, 1.82) is 0 Å². The number of hydrogen-bond acceptors (Lipinski definition) is 2. The van der Waals surface area contributed by atoms with Crippen molar-refractivity contribution in [2.45, 2.75) is 0 Å². The van der Waals surface area contributed by atoms with E-state index in [1.807, 2.05) is 0 Å². The van der Waals surface area contributed by atoms with Crippen molar-refractivity contribution < 1.29 is 18.3 Å². The lowest BCUT2D eigenvalue weighted by Crippen LogP contribution is -1.96. The Bertz CT molecular complexity index is 545. The fourth-order valence-corrected chi connectivity index (χ4v) is 1.81. The number of halogens is 2. The maximum atomic E-state index is 13.8. The lowest BCUT2D eigenvalue weighted by atomic mass is 10.0. The summed E-state index contributed by atoms with van der Waals surface area (Å²) in [5, 5.41) is 0. The number of rotatable bonds is 3. The first-order valence-electron chi connectivity index (χ1n) is 5.34. The van der Waals surface area contributed by atoms with E-state index in [9.17, 15) is 8.78 Å². The van der Waals surface area contributed by atoms with Crippen LogP contribution in [0, 0.1) is 11.6 Å². The second kappa shape index (κ2) is 5.04. The van der Waals surface area contributed by atoms with Crippen molar-refractivity contribution in [3.63, 3.8) is 0 Å². The summed E-state index contributed by atoms with van der Waals surface area (Å²) in [6, 6.07) is 9.06. The molecule has 0 amide bonds. The van der Waals surface area contributed by atoms with Gasteiger partial charge >= 0.3 is 0 Å². The normalized spacial score (nSPS) is 10.2. The van der Waals surface area contributed by atoms with Gasteiger partial charge in [-0.2, -0.15) is 0 Å².